The van der Waals surface area contributed by atoms with Crippen LogP contribution in [0.3, 0.4) is 0 Å². The van der Waals surface area contributed by atoms with E-state index in [1.165, 1.54) is 19.3 Å². The first-order chi connectivity index (χ1) is 9.72. The minimum absolute atomic E-state index is 0.0447. The molecule has 2 N–H and O–H groups in total. The van der Waals surface area contributed by atoms with Crippen molar-refractivity contribution in [1.82, 2.24) is 5.32 Å². The van der Waals surface area contributed by atoms with Gasteiger partial charge in [0, 0.05) is 18.8 Å². The maximum Gasteiger partial charge on any atom is 0.253 e. The Labute approximate surface area is 122 Å². The van der Waals surface area contributed by atoms with Crippen molar-refractivity contribution in [2.45, 2.75) is 39.5 Å². The Hall–Kier alpha value is -1.51. The number of nitrogens with one attached hydrogen (secondary N) is 2. The molecule has 1 saturated carbocycles. The van der Waals surface area contributed by atoms with Crippen molar-refractivity contribution in [3.63, 3.8) is 0 Å². The van der Waals surface area contributed by atoms with Crippen LogP contribution in [-0.4, -0.2) is 19.0 Å². The maximum absolute atomic E-state index is 12.3. The number of anilines is 1. The quantitative estimate of drug-likeness (QED) is 0.831. The Bertz CT molecular complexity index is 444. The van der Waals surface area contributed by atoms with Gasteiger partial charge in [-0.05, 0) is 36.8 Å². The number of rotatable bonds is 6. The van der Waals surface area contributed by atoms with Gasteiger partial charge in [0.05, 0.1) is 5.56 Å². The second-order valence-electron chi connectivity index (χ2n) is 5.85. The van der Waals surface area contributed by atoms with Crippen molar-refractivity contribution in [3.8, 4) is 0 Å². The molecule has 2 unspecified atom stereocenters. The summed E-state index contributed by atoms with van der Waals surface area (Å²) in [5.41, 5.74) is 1.69. The van der Waals surface area contributed by atoms with E-state index in [0.29, 0.717) is 5.92 Å². The van der Waals surface area contributed by atoms with Crippen LogP contribution in [0.15, 0.2) is 24.3 Å². The lowest BCUT2D eigenvalue weighted by molar-refractivity contribution is 0.0945. The molecule has 1 aromatic rings. The average molecular weight is 274 g/mol. The molecule has 20 heavy (non-hydrogen) atoms. The van der Waals surface area contributed by atoms with Gasteiger partial charge in [0.15, 0.2) is 0 Å². The highest BCUT2D eigenvalue weighted by molar-refractivity contribution is 5.99. The molecule has 0 aromatic heterocycles. The van der Waals surface area contributed by atoms with Gasteiger partial charge in [-0.1, -0.05) is 38.8 Å². The molecule has 2 rings (SSSR count). The molecule has 3 heteroatoms. The molecule has 0 saturated heterocycles. The van der Waals surface area contributed by atoms with E-state index in [0.717, 1.165) is 36.7 Å². The average Bonchev–Trinajstić information content (AvgIpc) is 2.88. The molecule has 3 nitrogen and oxygen atoms in total. The van der Waals surface area contributed by atoms with Crippen LogP contribution in [0.2, 0.25) is 0 Å². The van der Waals surface area contributed by atoms with Gasteiger partial charge in [0.25, 0.3) is 5.91 Å². The SMILES string of the molecule is CCCNc1ccccc1C(=O)NCC1CCCC1C. The molecular weight excluding hydrogens is 248 g/mol. The lowest BCUT2D eigenvalue weighted by atomic mass is 9.98. The van der Waals surface area contributed by atoms with Crippen molar-refractivity contribution in [3.05, 3.63) is 29.8 Å². The second-order valence-corrected chi connectivity index (χ2v) is 5.85. The Kier molecular flexibility index (Phi) is 5.45. The van der Waals surface area contributed by atoms with Crippen LogP contribution in [0.25, 0.3) is 0 Å². The number of carbonyl (C=O) groups is 1. The van der Waals surface area contributed by atoms with Gasteiger partial charge in [-0.2, -0.15) is 0 Å². The van der Waals surface area contributed by atoms with Crippen LogP contribution < -0.4 is 10.6 Å². The fraction of sp³-hybridized carbons (Fsp3) is 0.588. The molecule has 1 aliphatic carbocycles. The van der Waals surface area contributed by atoms with Crippen LogP contribution in [-0.2, 0) is 0 Å². The van der Waals surface area contributed by atoms with E-state index in [1.54, 1.807) is 0 Å². The largest absolute Gasteiger partial charge is 0.384 e. The van der Waals surface area contributed by atoms with E-state index >= 15 is 0 Å². The highest BCUT2D eigenvalue weighted by atomic mass is 16.1. The van der Waals surface area contributed by atoms with Crippen LogP contribution >= 0.6 is 0 Å². The van der Waals surface area contributed by atoms with Crippen molar-refractivity contribution in [2.24, 2.45) is 11.8 Å². The summed E-state index contributed by atoms with van der Waals surface area (Å²) in [5.74, 6) is 1.43. The summed E-state index contributed by atoms with van der Waals surface area (Å²) in [5, 5.41) is 6.43. The normalized spacial score (nSPS) is 21.7. The minimum atomic E-state index is 0.0447. The Balaban J connectivity index is 1.94. The van der Waals surface area contributed by atoms with Gasteiger partial charge in [-0.15, -0.1) is 0 Å². The van der Waals surface area contributed by atoms with Gasteiger partial charge in [-0.25, -0.2) is 0 Å². The van der Waals surface area contributed by atoms with E-state index in [2.05, 4.69) is 24.5 Å². The summed E-state index contributed by atoms with van der Waals surface area (Å²) in [6.07, 6.45) is 4.90. The number of para-hydroxylation sites is 1. The molecular formula is C17H26N2O. The third kappa shape index (κ3) is 3.75. The second kappa shape index (κ2) is 7.32. The predicted octanol–water partition coefficient (Wildman–Crippen LogP) is 3.67. The van der Waals surface area contributed by atoms with Gasteiger partial charge in [0.2, 0.25) is 0 Å². The summed E-state index contributed by atoms with van der Waals surface area (Å²) < 4.78 is 0. The van der Waals surface area contributed by atoms with E-state index in [-0.39, 0.29) is 5.91 Å². The molecule has 0 aliphatic heterocycles. The maximum atomic E-state index is 12.3. The molecule has 1 aliphatic rings. The van der Waals surface area contributed by atoms with Gasteiger partial charge in [-0.3, -0.25) is 4.79 Å². The Morgan fingerprint density at radius 1 is 1.30 bits per heavy atom. The summed E-state index contributed by atoms with van der Waals surface area (Å²) >= 11 is 0. The highest BCUT2D eigenvalue weighted by Crippen LogP contribution is 2.30. The van der Waals surface area contributed by atoms with E-state index in [4.69, 9.17) is 0 Å². The van der Waals surface area contributed by atoms with E-state index in [9.17, 15) is 4.79 Å². The first-order valence-corrected chi connectivity index (χ1v) is 7.83. The highest BCUT2D eigenvalue weighted by Gasteiger charge is 2.23. The molecule has 0 spiro atoms. The summed E-state index contributed by atoms with van der Waals surface area (Å²) in [7, 11) is 0. The van der Waals surface area contributed by atoms with Crippen molar-refractivity contribution in [1.29, 1.82) is 0 Å². The fourth-order valence-corrected chi connectivity index (χ4v) is 2.94. The van der Waals surface area contributed by atoms with Crippen molar-refractivity contribution < 1.29 is 4.79 Å². The van der Waals surface area contributed by atoms with E-state index < -0.39 is 0 Å². The third-order valence-electron chi connectivity index (χ3n) is 4.30. The van der Waals surface area contributed by atoms with E-state index in [1.807, 2.05) is 24.3 Å². The number of hydrogen-bond acceptors (Lipinski definition) is 2. The molecule has 1 amide bonds. The molecule has 1 fully saturated rings. The molecule has 0 radical (unpaired) electrons. The van der Waals surface area contributed by atoms with Gasteiger partial charge < -0.3 is 10.6 Å². The molecule has 1 aromatic carbocycles. The first-order valence-electron chi connectivity index (χ1n) is 7.83. The molecule has 2 atom stereocenters. The third-order valence-corrected chi connectivity index (χ3v) is 4.30. The zero-order valence-corrected chi connectivity index (χ0v) is 12.6. The fourth-order valence-electron chi connectivity index (χ4n) is 2.94. The zero-order chi connectivity index (χ0) is 14.4. The zero-order valence-electron chi connectivity index (χ0n) is 12.6. The monoisotopic (exact) mass is 274 g/mol. The van der Waals surface area contributed by atoms with Gasteiger partial charge >= 0.3 is 0 Å². The standard InChI is InChI=1S/C17H26N2O/c1-3-11-18-16-10-5-4-9-15(16)17(20)19-12-14-8-6-7-13(14)2/h4-5,9-10,13-14,18H,3,6-8,11-12H2,1-2H3,(H,19,20). The lowest BCUT2D eigenvalue weighted by Crippen LogP contribution is -2.30. The Morgan fingerprint density at radius 3 is 2.80 bits per heavy atom. The van der Waals surface area contributed by atoms with Crippen LogP contribution in [0, 0.1) is 11.8 Å². The summed E-state index contributed by atoms with van der Waals surface area (Å²) in [6.45, 7) is 6.11. The predicted molar refractivity (Wildman–Crippen MR) is 84.1 cm³/mol. The van der Waals surface area contributed by atoms with Crippen LogP contribution in [0.5, 0.6) is 0 Å². The topological polar surface area (TPSA) is 41.1 Å². The van der Waals surface area contributed by atoms with Crippen molar-refractivity contribution in [2.75, 3.05) is 18.4 Å². The molecule has 110 valence electrons. The Morgan fingerprint density at radius 2 is 2.10 bits per heavy atom. The number of amides is 1. The van der Waals surface area contributed by atoms with Crippen molar-refractivity contribution >= 4 is 11.6 Å². The minimum Gasteiger partial charge on any atom is -0.384 e. The smallest absolute Gasteiger partial charge is 0.253 e. The number of carbonyl (C=O) groups excluding carboxylic acids is 1. The lowest BCUT2D eigenvalue weighted by Gasteiger charge is -2.17. The summed E-state index contributed by atoms with van der Waals surface area (Å²) in [4.78, 5) is 12.3. The summed E-state index contributed by atoms with van der Waals surface area (Å²) in [6, 6.07) is 7.76. The number of hydrogen-bond donors (Lipinski definition) is 2. The first kappa shape index (κ1) is 14.9. The van der Waals surface area contributed by atoms with Crippen LogP contribution in [0.1, 0.15) is 49.9 Å². The molecule has 0 heterocycles. The van der Waals surface area contributed by atoms with Gasteiger partial charge in [0.1, 0.15) is 0 Å². The molecule has 0 bridgehead atoms. The number of benzene rings is 1. The van der Waals surface area contributed by atoms with Crippen LogP contribution in [0.4, 0.5) is 5.69 Å².